The lowest BCUT2D eigenvalue weighted by Crippen LogP contribution is -2.51. The first-order valence-corrected chi connectivity index (χ1v) is 11.9. The molecule has 6 heteroatoms. The fourth-order valence-corrected chi connectivity index (χ4v) is 3.79. The summed E-state index contributed by atoms with van der Waals surface area (Å²) in [5, 5.41) is 2.94. The molecule has 3 aromatic carbocycles. The predicted octanol–water partition coefficient (Wildman–Crippen LogP) is 4.99. The molecule has 0 aromatic heterocycles. The molecular weight excluding hydrogens is 443 g/mol. The molecule has 0 aliphatic rings. The SMILES string of the molecule is CCCNC(=O)[C@@H](Cc1ccccc1)N(Cc1ccc(F)cc1)C(=O)COc1cc(C)ccc1C. The number of hydrogen-bond donors (Lipinski definition) is 1. The fourth-order valence-electron chi connectivity index (χ4n) is 3.79. The van der Waals surface area contributed by atoms with Crippen molar-refractivity contribution in [1.82, 2.24) is 10.2 Å². The van der Waals surface area contributed by atoms with Gasteiger partial charge in [0.1, 0.15) is 17.6 Å². The number of ether oxygens (including phenoxy) is 1. The lowest BCUT2D eigenvalue weighted by atomic mass is 10.0. The van der Waals surface area contributed by atoms with Gasteiger partial charge in [-0.25, -0.2) is 4.39 Å². The molecule has 5 nitrogen and oxygen atoms in total. The summed E-state index contributed by atoms with van der Waals surface area (Å²) in [7, 11) is 0. The number of amides is 2. The van der Waals surface area contributed by atoms with Gasteiger partial charge in [0.05, 0.1) is 0 Å². The number of nitrogens with one attached hydrogen (secondary N) is 1. The second-order valence-corrected chi connectivity index (χ2v) is 8.70. The van der Waals surface area contributed by atoms with Crippen molar-refractivity contribution in [3.05, 3.63) is 101 Å². The molecule has 0 bridgehead atoms. The normalized spacial score (nSPS) is 11.5. The molecule has 0 radical (unpaired) electrons. The molecule has 0 aliphatic heterocycles. The minimum Gasteiger partial charge on any atom is -0.483 e. The summed E-state index contributed by atoms with van der Waals surface area (Å²) < 4.78 is 19.4. The van der Waals surface area contributed by atoms with Gasteiger partial charge in [-0.15, -0.1) is 0 Å². The Morgan fingerprint density at radius 1 is 0.971 bits per heavy atom. The summed E-state index contributed by atoms with van der Waals surface area (Å²) >= 11 is 0. The maximum absolute atomic E-state index is 13.5. The molecular formula is C29H33FN2O3. The molecule has 1 N–H and O–H groups in total. The van der Waals surface area contributed by atoms with Crippen molar-refractivity contribution in [2.45, 2.75) is 46.2 Å². The smallest absolute Gasteiger partial charge is 0.261 e. The van der Waals surface area contributed by atoms with Gasteiger partial charge < -0.3 is 15.0 Å². The highest BCUT2D eigenvalue weighted by molar-refractivity contribution is 5.88. The molecule has 2 amide bonds. The second-order valence-electron chi connectivity index (χ2n) is 8.70. The van der Waals surface area contributed by atoms with E-state index in [2.05, 4.69) is 5.32 Å². The predicted molar refractivity (Wildman–Crippen MR) is 136 cm³/mol. The Balaban J connectivity index is 1.90. The molecule has 0 heterocycles. The van der Waals surface area contributed by atoms with Crippen molar-refractivity contribution in [2.24, 2.45) is 0 Å². The van der Waals surface area contributed by atoms with E-state index in [1.54, 1.807) is 12.1 Å². The van der Waals surface area contributed by atoms with Crippen LogP contribution >= 0.6 is 0 Å². The molecule has 0 fully saturated rings. The average molecular weight is 477 g/mol. The topological polar surface area (TPSA) is 58.6 Å². The van der Waals surface area contributed by atoms with Crippen LogP contribution in [-0.4, -0.2) is 35.9 Å². The van der Waals surface area contributed by atoms with Gasteiger partial charge in [-0.2, -0.15) is 0 Å². The molecule has 0 aliphatic carbocycles. The van der Waals surface area contributed by atoms with Crippen molar-refractivity contribution >= 4 is 11.8 Å². The third-order valence-electron chi connectivity index (χ3n) is 5.78. The molecule has 0 saturated carbocycles. The summed E-state index contributed by atoms with van der Waals surface area (Å²) in [6.07, 6.45) is 1.14. The van der Waals surface area contributed by atoms with Crippen LogP contribution in [0.15, 0.2) is 72.8 Å². The molecule has 0 spiro atoms. The van der Waals surface area contributed by atoms with Crippen molar-refractivity contribution in [3.63, 3.8) is 0 Å². The number of aryl methyl sites for hydroxylation is 2. The van der Waals surface area contributed by atoms with Crippen LogP contribution in [0.1, 0.15) is 35.6 Å². The number of halogens is 1. The Bertz CT molecular complexity index is 1120. The Hall–Kier alpha value is -3.67. The zero-order valence-corrected chi connectivity index (χ0v) is 20.6. The van der Waals surface area contributed by atoms with Gasteiger partial charge >= 0.3 is 0 Å². The number of carbonyl (C=O) groups excluding carboxylic acids is 2. The number of carbonyl (C=O) groups is 2. The Kier molecular flexibility index (Phi) is 9.41. The van der Waals surface area contributed by atoms with Crippen LogP contribution in [0.3, 0.4) is 0 Å². The minimum absolute atomic E-state index is 0.159. The van der Waals surface area contributed by atoms with Gasteiger partial charge in [-0.1, -0.05) is 61.5 Å². The van der Waals surface area contributed by atoms with E-state index in [-0.39, 0.29) is 30.8 Å². The molecule has 0 saturated heterocycles. The van der Waals surface area contributed by atoms with Crippen LogP contribution in [0, 0.1) is 19.7 Å². The number of nitrogens with zero attached hydrogens (tertiary/aromatic N) is 1. The zero-order valence-electron chi connectivity index (χ0n) is 20.6. The first kappa shape index (κ1) is 25.9. The third-order valence-corrected chi connectivity index (χ3v) is 5.78. The van der Waals surface area contributed by atoms with Gasteiger partial charge in [-0.3, -0.25) is 9.59 Å². The van der Waals surface area contributed by atoms with Gasteiger partial charge in [0.25, 0.3) is 5.91 Å². The van der Waals surface area contributed by atoms with E-state index in [0.29, 0.717) is 18.7 Å². The second kappa shape index (κ2) is 12.7. The van der Waals surface area contributed by atoms with E-state index >= 15 is 0 Å². The highest BCUT2D eigenvalue weighted by atomic mass is 19.1. The summed E-state index contributed by atoms with van der Waals surface area (Å²) in [4.78, 5) is 28.3. The minimum atomic E-state index is -0.747. The standard InChI is InChI=1S/C29H33FN2O3/c1-4-16-31-29(34)26(18-23-8-6-5-7-9-23)32(19-24-12-14-25(30)15-13-24)28(33)20-35-27-17-21(2)10-11-22(27)3/h5-15,17,26H,4,16,18-20H2,1-3H3,(H,31,34)/t26-/m1/s1. The van der Waals surface area contributed by atoms with E-state index in [1.807, 2.05) is 69.3 Å². The van der Waals surface area contributed by atoms with Gasteiger partial charge in [0.2, 0.25) is 5.91 Å². The van der Waals surface area contributed by atoms with Crippen LogP contribution in [-0.2, 0) is 22.6 Å². The van der Waals surface area contributed by atoms with Crippen LogP contribution in [0.2, 0.25) is 0 Å². The first-order valence-electron chi connectivity index (χ1n) is 11.9. The van der Waals surface area contributed by atoms with E-state index in [4.69, 9.17) is 4.74 Å². The van der Waals surface area contributed by atoms with Gasteiger partial charge in [0.15, 0.2) is 6.61 Å². The molecule has 184 valence electrons. The fraction of sp³-hybridized carbons (Fsp3) is 0.310. The van der Waals surface area contributed by atoms with Crippen LogP contribution in [0.5, 0.6) is 5.75 Å². The van der Waals surface area contributed by atoms with Gasteiger partial charge in [0, 0.05) is 19.5 Å². The maximum atomic E-state index is 13.5. The zero-order chi connectivity index (χ0) is 25.2. The highest BCUT2D eigenvalue weighted by Gasteiger charge is 2.30. The van der Waals surface area contributed by atoms with Gasteiger partial charge in [-0.05, 0) is 60.7 Å². The third kappa shape index (κ3) is 7.67. The number of benzene rings is 3. The van der Waals surface area contributed by atoms with E-state index in [1.165, 1.54) is 17.0 Å². The summed E-state index contributed by atoms with van der Waals surface area (Å²) in [6.45, 7) is 6.33. The maximum Gasteiger partial charge on any atom is 0.261 e. The molecule has 3 aromatic rings. The summed E-state index contributed by atoms with van der Waals surface area (Å²) in [6, 6.07) is 20.7. The van der Waals surface area contributed by atoms with E-state index < -0.39 is 6.04 Å². The molecule has 35 heavy (non-hydrogen) atoms. The largest absolute Gasteiger partial charge is 0.483 e. The lowest BCUT2D eigenvalue weighted by molar-refractivity contribution is -0.142. The summed E-state index contributed by atoms with van der Waals surface area (Å²) in [5.74, 6) is -0.262. The Morgan fingerprint density at radius 3 is 2.37 bits per heavy atom. The molecule has 1 atom stereocenters. The monoisotopic (exact) mass is 476 g/mol. The van der Waals surface area contributed by atoms with Crippen LogP contribution in [0.4, 0.5) is 4.39 Å². The molecule has 3 rings (SSSR count). The van der Waals surface area contributed by atoms with Crippen molar-refractivity contribution in [2.75, 3.05) is 13.2 Å². The van der Waals surface area contributed by atoms with E-state index in [9.17, 15) is 14.0 Å². The Morgan fingerprint density at radius 2 is 1.69 bits per heavy atom. The van der Waals surface area contributed by atoms with E-state index in [0.717, 1.165) is 28.7 Å². The quantitative estimate of drug-likeness (QED) is 0.424. The van der Waals surface area contributed by atoms with Crippen molar-refractivity contribution in [3.8, 4) is 5.75 Å². The number of hydrogen-bond acceptors (Lipinski definition) is 3. The Labute approximate surface area is 206 Å². The highest BCUT2D eigenvalue weighted by Crippen LogP contribution is 2.20. The number of rotatable bonds is 11. The summed E-state index contributed by atoms with van der Waals surface area (Å²) in [5.41, 5.74) is 3.63. The lowest BCUT2D eigenvalue weighted by Gasteiger charge is -2.31. The average Bonchev–Trinajstić information content (AvgIpc) is 2.86. The van der Waals surface area contributed by atoms with Crippen molar-refractivity contribution < 1.29 is 18.7 Å². The van der Waals surface area contributed by atoms with Crippen molar-refractivity contribution in [1.29, 1.82) is 0 Å². The van der Waals surface area contributed by atoms with Crippen LogP contribution < -0.4 is 10.1 Å². The van der Waals surface area contributed by atoms with Crippen LogP contribution in [0.25, 0.3) is 0 Å². The first-order chi connectivity index (χ1) is 16.9. The molecule has 0 unspecified atom stereocenters.